The Labute approximate surface area is 168 Å². The number of fused-ring (bicyclic) bond motifs is 1. The first-order valence-corrected chi connectivity index (χ1v) is 9.40. The zero-order chi connectivity index (χ0) is 20.2. The molecule has 0 aliphatic carbocycles. The molecule has 0 radical (unpaired) electrons. The highest BCUT2D eigenvalue weighted by Gasteiger charge is 2.12. The lowest BCUT2D eigenvalue weighted by Gasteiger charge is -2.07. The number of hydrogen-bond acceptors (Lipinski definition) is 5. The van der Waals surface area contributed by atoms with Gasteiger partial charge >= 0.3 is 6.09 Å². The van der Waals surface area contributed by atoms with E-state index in [1.165, 1.54) is 18.2 Å². The van der Waals surface area contributed by atoms with Crippen molar-refractivity contribution in [3.05, 3.63) is 83.9 Å². The van der Waals surface area contributed by atoms with Crippen LogP contribution in [0.3, 0.4) is 0 Å². The predicted molar refractivity (Wildman–Crippen MR) is 106 cm³/mol. The van der Waals surface area contributed by atoms with Gasteiger partial charge in [0.1, 0.15) is 24.0 Å². The van der Waals surface area contributed by atoms with Crippen molar-refractivity contribution in [3.63, 3.8) is 0 Å². The molecule has 5 nitrogen and oxygen atoms in total. The van der Waals surface area contributed by atoms with E-state index in [1.54, 1.807) is 42.5 Å². The van der Waals surface area contributed by atoms with E-state index >= 15 is 0 Å². The third-order valence-electron chi connectivity index (χ3n) is 3.99. The van der Waals surface area contributed by atoms with Crippen molar-refractivity contribution in [2.45, 2.75) is 6.61 Å². The highest BCUT2D eigenvalue weighted by atomic mass is 32.1. The minimum absolute atomic E-state index is 0.140. The molecule has 4 rings (SSSR count). The van der Waals surface area contributed by atoms with Gasteiger partial charge in [-0.05, 0) is 42.5 Å². The molecule has 3 aromatic carbocycles. The number of nitrogens with one attached hydrogen (secondary N) is 1. The Bertz CT molecular complexity index is 1150. The molecule has 1 heterocycles. The molecule has 1 amide bonds. The third kappa shape index (κ3) is 4.49. The Balaban J connectivity index is 1.44. The first-order chi connectivity index (χ1) is 14.1. The number of thiazole rings is 1. The van der Waals surface area contributed by atoms with E-state index in [0.717, 1.165) is 11.3 Å². The zero-order valence-corrected chi connectivity index (χ0v) is 15.7. The fourth-order valence-corrected chi connectivity index (χ4v) is 3.43. The third-order valence-corrected chi connectivity index (χ3v) is 4.88. The summed E-state index contributed by atoms with van der Waals surface area (Å²) in [5, 5.41) is 2.78. The summed E-state index contributed by atoms with van der Waals surface area (Å²) >= 11 is 1.16. The largest absolute Gasteiger partial charge is 0.489 e. The van der Waals surface area contributed by atoms with Crippen LogP contribution in [0.15, 0.2) is 66.7 Å². The molecule has 8 heteroatoms. The lowest BCUT2D eigenvalue weighted by molar-refractivity contribution is 0.215. The van der Waals surface area contributed by atoms with Crippen LogP contribution >= 0.6 is 11.3 Å². The molecule has 0 fully saturated rings. The Morgan fingerprint density at radius 3 is 2.52 bits per heavy atom. The Hall–Kier alpha value is -3.52. The van der Waals surface area contributed by atoms with Gasteiger partial charge in [-0.1, -0.05) is 35.6 Å². The fourth-order valence-electron chi connectivity index (χ4n) is 2.59. The molecule has 0 saturated heterocycles. The maximum atomic E-state index is 13.7. The molecule has 0 aliphatic rings. The molecule has 4 aromatic rings. The summed E-state index contributed by atoms with van der Waals surface area (Å²) < 4.78 is 38.8. The molecule has 1 aromatic heterocycles. The lowest BCUT2D eigenvalue weighted by Crippen LogP contribution is -2.16. The minimum atomic E-state index is -0.663. The van der Waals surface area contributed by atoms with Crippen molar-refractivity contribution in [1.29, 1.82) is 0 Å². The van der Waals surface area contributed by atoms with Crippen molar-refractivity contribution in [3.8, 4) is 10.9 Å². The summed E-state index contributed by atoms with van der Waals surface area (Å²) in [6.45, 7) is -0.244. The summed E-state index contributed by atoms with van der Waals surface area (Å²) in [4.78, 5) is 16.2. The van der Waals surface area contributed by atoms with Crippen LogP contribution in [-0.2, 0) is 6.61 Å². The second-order valence-corrected chi connectivity index (χ2v) is 6.97. The highest BCUT2D eigenvalue weighted by Crippen LogP contribution is 2.31. The monoisotopic (exact) mass is 412 g/mol. The van der Waals surface area contributed by atoms with Crippen molar-refractivity contribution in [2.75, 3.05) is 5.32 Å². The van der Waals surface area contributed by atoms with Crippen LogP contribution in [-0.4, -0.2) is 11.1 Å². The van der Waals surface area contributed by atoms with Crippen LogP contribution in [0, 0.1) is 11.6 Å². The quantitative estimate of drug-likeness (QED) is 0.452. The molecule has 29 heavy (non-hydrogen) atoms. The number of amides is 1. The van der Waals surface area contributed by atoms with Crippen LogP contribution in [0.2, 0.25) is 0 Å². The zero-order valence-electron chi connectivity index (χ0n) is 14.9. The summed E-state index contributed by atoms with van der Waals surface area (Å²) in [7, 11) is 0. The van der Waals surface area contributed by atoms with Crippen LogP contribution in [0.1, 0.15) is 5.56 Å². The van der Waals surface area contributed by atoms with Gasteiger partial charge < -0.3 is 9.47 Å². The smallest absolute Gasteiger partial charge is 0.419 e. The molecule has 0 saturated carbocycles. The number of carbonyl (C=O) groups excluding carboxylic acids is 1. The van der Waals surface area contributed by atoms with E-state index in [-0.39, 0.29) is 17.4 Å². The number of anilines is 1. The summed E-state index contributed by atoms with van der Waals surface area (Å²) in [6.07, 6.45) is -0.651. The Morgan fingerprint density at radius 2 is 1.76 bits per heavy atom. The number of halogens is 2. The number of hydrogen-bond donors (Lipinski definition) is 1. The lowest BCUT2D eigenvalue weighted by atomic mass is 10.2. The summed E-state index contributed by atoms with van der Waals surface area (Å²) in [6, 6.07) is 17.5. The standard InChI is InChI=1S/C21H14F2N2O3S/c22-16-7-4-8-17(23)15(16)12-27-14-9-10-18-19(11-14)29-21(25-18)28-20(26)24-13-5-2-1-3-6-13/h1-11H,12H2,(H,24,26). The highest BCUT2D eigenvalue weighted by molar-refractivity contribution is 7.20. The molecule has 146 valence electrons. The first kappa shape index (κ1) is 18.8. The van der Waals surface area contributed by atoms with E-state index in [0.29, 0.717) is 21.7 Å². The van der Waals surface area contributed by atoms with Crippen LogP contribution < -0.4 is 14.8 Å². The van der Waals surface area contributed by atoms with E-state index in [9.17, 15) is 13.6 Å². The number of carbonyl (C=O) groups is 1. The Morgan fingerprint density at radius 1 is 1.00 bits per heavy atom. The number of ether oxygens (including phenoxy) is 2. The molecule has 0 spiro atoms. The van der Waals surface area contributed by atoms with Gasteiger partial charge in [0, 0.05) is 5.69 Å². The van der Waals surface area contributed by atoms with Gasteiger partial charge in [0.2, 0.25) is 0 Å². The fraction of sp³-hybridized carbons (Fsp3) is 0.0476. The molecular formula is C21H14F2N2O3S. The number of aromatic nitrogens is 1. The molecular weight excluding hydrogens is 398 g/mol. The first-order valence-electron chi connectivity index (χ1n) is 8.58. The van der Waals surface area contributed by atoms with Gasteiger partial charge in [-0.3, -0.25) is 5.32 Å². The maximum absolute atomic E-state index is 13.7. The van der Waals surface area contributed by atoms with Crippen molar-refractivity contribution in [2.24, 2.45) is 0 Å². The molecule has 0 bridgehead atoms. The molecule has 1 N–H and O–H groups in total. The van der Waals surface area contributed by atoms with E-state index in [2.05, 4.69) is 10.3 Å². The van der Waals surface area contributed by atoms with E-state index in [1.807, 2.05) is 6.07 Å². The van der Waals surface area contributed by atoms with Gasteiger partial charge in [0.05, 0.1) is 15.8 Å². The number of para-hydroxylation sites is 1. The molecule has 0 unspecified atom stereocenters. The van der Waals surface area contributed by atoms with Gasteiger partial charge in [-0.2, -0.15) is 0 Å². The summed E-state index contributed by atoms with van der Waals surface area (Å²) in [5.41, 5.74) is 1.08. The number of rotatable bonds is 5. The maximum Gasteiger partial charge on any atom is 0.419 e. The SMILES string of the molecule is O=C(Nc1ccccc1)Oc1nc2ccc(OCc3c(F)cccc3F)cc2s1. The van der Waals surface area contributed by atoms with Gasteiger partial charge in [0.15, 0.2) is 0 Å². The second kappa shape index (κ2) is 8.24. The Kier molecular flexibility index (Phi) is 5.35. The number of nitrogens with zero attached hydrogens (tertiary/aromatic N) is 1. The van der Waals surface area contributed by atoms with Crippen molar-refractivity contribution in [1.82, 2.24) is 4.98 Å². The predicted octanol–water partition coefficient (Wildman–Crippen LogP) is 5.76. The van der Waals surface area contributed by atoms with E-state index < -0.39 is 17.7 Å². The van der Waals surface area contributed by atoms with Crippen LogP contribution in [0.5, 0.6) is 10.9 Å². The van der Waals surface area contributed by atoms with Crippen LogP contribution in [0.25, 0.3) is 10.2 Å². The average Bonchev–Trinajstić information content (AvgIpc) is 3.09. The second-order valence-electron chi connectivity index (χ2n) is 5.98. The minimum Gasteiger partial charge on any atom is -0.489 e. The van der Waals surface area contributed by atoms with Crippen molar-refractivity contribution < 1.29 is 23.0 Å². The summed E-state index contributed by atoms with van der Waals surface area (Å²) in [5.74, 6) is -0.906. The van der Waals surface area contributed by atoms with Gasteiger partial charge in [-0.15, -0.1) is 0 Å². The van der Waals surface area contributed by atoms with Gasteiger partial charge in [-0.25, -0.2) is 18.6 Å². The topological polar surface area (TPSA) is 60.5 Å². The molecule has 0 aliphatic heterocycles. The van der Waals surface area contributed by atoms with Crippen LogP contribution in [0.4, 0.5) is 19.3 Å². The number of benzene rings is 3. The normalized spacial score (nSPS) is 10.7. The van der Waals surface area contributed by atoms with E-state index in [4.69, 9.17) is 9.47 Å². The average molecular weight is 412 g/mol. The molecule has 0 atom stereocenters. The van der Waals surface area contributed by atoms with Crippen molar-refractivity contribution >= 4 is 33.3 Å². The van der Waals surface area contributed by atoms with Gasteiger partial charge in [0.25, 0.3) is 5.19 Å².